The van der Waals surface area contributed by atoms with Crippen molar-refractivity contribution in [2.75, 3.05) is 11.9 Å². The summed E-state index contributed by atoms with van der Waals surface area (Å²) in [7, 11) is 0. The normalized spacial score (nSPS) is 11.6. The second-order valence-electron chi connectivity index (χ2n) is 8.05. The SMILES string of the molecule is CCCOc1ccc(F)c(CNc2cccc(-c3c(C)cnc4c(C(F)(F)F)cccc34)c2)c1. The molecule has 0 bridgehead atoms. The number of halogens is 4. The van der Waals surface area contributed by atoms with Gasteiger partial charge in [-0.25, -0.2) is 4.39 Å². The predicted molar refractivity (Wildman–Crippen MR) is 126 cm³/mol. The monoisotopic (exact) mass is 468 g/mol. The largest absolute Gasteiger partial charge is 0.494 e. The molecule has 176 valence electrons. The number of hydrogen-bond acceptors (Lipinski definition) is 3. The summed E-state index contributed by atoms with van der Waals surface area (Å²) in [5.74, 6) is 0.260. The van der Waals surface area contributed by atoms with Crippen LogP contribution >= 0.6 is 0 Å². The predicted octanol–water partition coefficient (Wildman–Crippen LogP) is 7.77. The van der Waals surface area contributed by atoms with E-state index in [1.165, 1.54) is 18.3 Å². The lowest BCUT2D eigenvalue weighted by molar-refractivity contribution is -0.136. The molecule has 0 amide bonds. The van der Waals surface area contributed by atoms with Gasteiger partial charge in [-0.2, -0.15) is 13.2 Å². The fourth-order valence-corrected chi connectivity index (χ4v) is 3.91. The first kappa shape index (κ1) is 23.5. The molecule has 1 N–H and O–H groups in total. The Balaban J connectivity index is 1.66. The molecule has 0 unspecified atom stereocenters. The van der Waals surface area contributed by atoms with Crippen LogP contribution in [-0.4, -0.2) is 11.6 Å². The molecule has 34 heavy (non-hydrogen) atoms. The first-order valence-electron chi connectivity index (χ1n) is 11.0. The Bertz CT molecular complexity index is 1320. The highest BCUT2D eigenvalue weighted by Crippen LogP contribution is 2.38. The lowest BCUT2D eigenvalue weighted by atomic mass is 9.95. The Morgan fingerprint density at radius 3 is 2.56 bits per heavy atom. The zero-order valence-electron chi connectivity index (χ0n) is 18.8. The highest BCUT2D eigenvalue weighted by atomic mass is 19.4. The molecule has 7 heteroatoms. The first-order chi connectivity index (χ1) is 16.3. The topological polar surface area (TPSA) is 34.1 Å². The zero-order valence-corrected chi connectivity index (χ0v) is 18.8. The van der Waals surface area contributed by atoms with Gasteiger partial charge in [-0.15, -0.1) is 0 Å². The number of para-hydroxylation sites is 1. The second-order valence-corrected chi connectivity index (χ2v) is 8.05. The van der Waals surface area contributed by atoms with Gasteiger partial charge >= 0.3 is 6.18 Å². The molecule has 3 aromatic carbocycles. The quantitative estimate of drug-likeness (QED) is 0.281. The molecular formula is C27H24F4N2O. The van der Waals surface area contributed by atoms with Crippen molar-refractivity contribution in [2.45, 2.75) is 33.0 Å². The minimum absolute atomic E-state index is 0.0834. The average molecular weight is 468 g/mol. The average Bonchev–Trinajstić information content (AvgIpc) is 2.81. The van der Waals surface area contributed by atoms with Gasteiger partial charge in [0, 0.05) is 29.4 Å². The van der Waals surface area contributed by atoms with Gasteiger partial charge in [0.25, 0.3) is 0 Å². The number of ether oxygens (including phenoxy) is 1. The summed E-state index contributed by atoms with van der Waals surface area (Å²) in [4.78, 5) is 4.08. The standard InChI is InChI=1S/C27H24F4N2O/c1-3-12-34-21-10-11-24(28)19(14-21)16-32-20-7-4-6-18(13-20)25-17(2)15-33-26-22(25)8-5-9-23(26)27(29,30)31/h4-11,13-15,32H,3,12,16H2,1-2H3. The van der Waals surface area contributed by atoms with Crippen molar-refractivity contribution in [3.05, 3.63) is 89.4 Å². The Morgan fingerprint density at radius 2 is 1.79 bits per heavy atom. The van der Waals surface area contributed by atoms with Gasteiger partial charge in [-0.3, -0.25) is 4.98 Å². The molecule has 0 atom stereocenters. The van der Waals surface area contributed by atoms with Crippen molar-refractivity contribution < 1.29 is 22.3 Å². The summed E-state index contributed by atoms with van der Waals surface area (Å²) >= 11 is 0. The van der Waals surface area contributed by atoms with Crippen LogP contribution in [0.3, 0.4) is 0 Å². The molecule has 0 aliphatic heterocycles. The number of nitrogens with zero attached hydrogens (tertiary/aromatic N) is 1. The number of aryl methyl sites for hydroxylation is 1. The number of hydrogen-bond donors (Lipinski definition) is 1. The van der Waals surface area contributed by atoms with E-state index in [4.69, 9.17) is 4.74 Å². The van der Waals surface area contributed by atoms with E-state index < -0.39 is 11.7 Å². The number of benzene rings is 3. The van der Waals surface area contributed by atoms with E-state index in [1.54, 1.807) is 18.2 Å². The van der Waals surface area contributed by atoms with Crippen LogP contribution in [0.15, 0.2) is 66.9 Å². The highest BCUT2D eigenvalue weighted by molar-refractivity contribution is 5.98. The van der Waals surface area contributed by atoms with Crippen LogP contribution in [-0.2, 0) is 12.7 Å². The number of anilines is 1. The van der Waals surface area contributed by atoms with Gasteiger partial charge in [0.15, 0.2) is 0 Å². The van der Waals surface area contributed by atoms with Gasteiger partial charge in [0.1, 0.15) is 11.6 Å². The van der Waals surface area contributed by atoms with Crippen LogP contribution in [0.2, 0.25) is 0 Å². The fraction of sp³-hybridized carbons (Fsp3) is 0.222. The van der Waals surface area contributed by atoms with Gasteiger partial charge in [0.2, 0.25) is 0 Å². The number of pyridine rings is 1. The van der Waals surface area contributed by atoms with Crippen molar-refractivity contribution in [3.8, 4) is 16.9 Å². The summed E-state index contributed by atoms with van der Waals surface area (Å²) < 4.78 is 60.4. The van der Waals surface area contributed by atoms with E-state index in [1.807, 2.05) is 38.1 Å². The molecular weight excluding hydrogens is 444 g/mol. The zero-order chi connectivity index (χ0) is 24.3. The van der Waals surface area contributed by atoms with Crippen LogP contribution in [0.25, 0.3) is 22.0 Å². The maximum absolute atomic E-state index is 14.3. The third-order valence-corrected chi connectivity index (χ3v) is 5.52. The van der Waals surface area contributed by atoms with E-state index in [0.29, 0.717) is 34.6 Å². The Kier molecular flexibility index (Phi) is 6.72. The summed E-state index contributed by atoms with van der Waals surface area (Å²) in [6.45, 7) is 4.60. The van der Waals surface area contributed by atoms with Crippen LogP contribution in [0, 0.1) is 12.7 Å². The maximum atomic E-state index is 14.3. The van der Waals surface area contributed by atoms with Crippen molar-refractivity contribution >= 4 is 16.6 Å². The Hall–Kier alpha value is -3.61. The molecule has 4 rings (SSSR count). The minimum atomic E-state index is -4.50. The number of rotatable bonds is 7. The summed E-state index contributed by atoms with van der Waals surface area (Å²) in [6.07, 6.45) is -2.18. The van der Waals surface area contributed by atoms with Crippen LogP contribution in [0.5, 0.6) is 5.75 Å². The minimum Gasteiger partial charge on any atom is -0.494 e. The van der Waals surface area contributed by atoms with Gasteiger partial charge < -0.3 is 10.1 Å². The molecule has 4 aromatic rings. The van der Waals surface area contributed by atoms with Crippen molar-refractivity contribution in [3.63, 3.8) is 0 Å². The molecule has 0 aliphatic rings. The lowest BCUT2D eigenvalue weighted by Gasteiger charge is -2.15. The van der Waals surface area contributed by atoms with E-state index in [9.17, 15) is 17.6 Å². The Labute approximate surface area is 195 Å². The third-order valence-electron chi connectivity index (χ3n) is 5.52. The molecule has 1 heterocycles. The smallest absolute Gasteiger partial charge is 0.418 e. The fourth-order valence-electron chi connectivity index (χ4n) is 3.91. The molecule has 0 saturated heterocycles. The van der Waals surface area contributed by atoms with Crippen LogP contribution < -0.4 is 10.1 Å². The number of nitrogens with one attached hydrogen (secondary N) is 1. The van der Waals surface area contributed by atoms with Crippen molar-refractivity contribution in [1.82, 2.24) is 4.98 Å². The molecule has 0 aliphatic carbocycles. The lowest BCUT2D eigenvalue weighted by Crippen LogP contribution is -2.07. The third kappa shape index (κ3) is 4.98. The van der Waals surface area contributed by atoms with E-state index in [-0.39, 0.29) is 17.9 Å². The molecule has 0 spiro atoms. The van der Waals surface area contributed by atoms with Gasteiger partial charge in [-0.05, 0) is 66.4 Å². The van der Waals surface area contributed by atoms with Crippen molar-refractivity contribution in [2.24, 2.45) is 0 Å². The van der Waals surface area contributed by atoms with E-state index >= 15 is 0 Å². The van der Waals surface area contributed by atoms with E-state index in [0.717, 1.165) is 23.6 Å². The second kappa shape index (κ2) is 9.71. The summed E-state index contributed by atoms with van der Waals surface area (Å²) in [5, 5.41) is 3.64. The van der Waals surface area contributed by atoms with Crippen LogP contribution in [0.4, 0.5) is 23.2 Å². The number of aromatic nitrogens is 1. The van der Waals surface area contributed by atoms with Crippen LogP contribution in [0.1, 0.15) is 30.0 Å². The van der Waals surface area contributed by atoms with Gasteiger partial charge in [-0.1, -0.05) is 31.2 Å². The van der Waals surface area contributed by atoms with Gasteiger partial charge in [0.05, 0.1) is 17.7 Å². The molecule has 0 radical (unpaired) electrons. The highest BCUT2D eigenvalue weighted by Gasteiger charge is 2.33. The Morgan fingerprint density at radius 1 is 1.00 bits per heavy atom. The molecule has 3 nitrogen and oxygen atoms in total. The van der Waals surface area contributed by atoms with Crippen molar-refractivity contribution in [1.29, 1.82) is 0 Å². The molecule has 1 aromatic heterocycles. The first-order valence-corrected chi connectivity index (χ1v) is 11.0. The number of fused-ring (bicyclic) bond motifs is 1. The summed E-state index contributed by atoms with van der Waals surface area (Å²) in [5.41, 5.74) is 2.51. The molecule has 0 fully saturated rings. The summed E-state index contributed by atoms with van der Waals surface area (Å²) in [6, 6.07) is 16.1. The maximum Gasteiger partial charge on any atom is 0.418 e. The van der Waals surface area contributed by atoms with E-state index in [2.05, 4.69) is 10.3 Å². The number of alkyl halides is 3. The molecule has 0 saturated carbocycles.